The summed E-state index contributed by atoms with van der Waals surface area (Å²) in [6.45, 7) is 10.7. The molecule has 0 spiro atoms. The van der Waals surface area contributed by atoms with Gasteiger partial charge in [-0.05, 0) is 19.8 Å². The monoisotopic (exact) mass is 243 g/mol. The molecule has 0 saturated carbocycles. The maximum atomic E-state index is 6.01. The Bertz CT molecular complexity index is 344. The van der Waals surface area contributed by atoms with Crippen molar-refractivity contribution in [3.63, 3.8) is 0 Å². The Morgan fingerprint density at radius 2 is 2.06 bits per heavy atom. The highest BCUT2D eigenvalue weighted by Crippen LogP contribution is 2.25. The second kappa shape index (κ2) is 5.58. The maximum Gasteiger partial charge on any atom is 0.131 e. The van der Waals surface area contributed by atoms with Crippen molar-refractivity contribution in [2.75, 3.05) is 18.0 Å². The predicted octanol–water partition coefficient (Wildman–Crippen LogP) is 2.95. The Balaban J connectivity index is 3.08. The van der Waals surface area contributed by atoms with Crippen LogP contribution in [-0.2, 0) is 12.9 Å². The van der Waals surface area contributed by atoms with Crippen molar-refractivity contribution in [3.8, 4) is 0 Å². The number of aromatic nitrogens is 2. The van der Waals surface area contributed by atoms with Gasteiger partial charge in [-0.2, -0.15) is 5.10 Å². The summed E-state index contributed by atoms with van der Waals surface area (Å²) in [7, 11) is 1.99. The van der Waals surface area contributed by atoms with E-state index in [1.807, 2.05) is 18.7 Å². The molecule has 0 aromatic carbocycles. The SMILES string of the molecule is CCN(CC(C)C)c1c(CCl)c(C)nn1C. The van der Waals surface area contributed by atoms with Gasteiger partial charge in [0.15, 0.2) is 0 Å². The van der Waals surface area contributed by atoms with E-state index in [1.165, 1.54) is 5.82 Å². The zero-order chi connectivity index (χ0) is 12.3. The van der Waals surface area contributed by atoms with E-state index in [0.29, 0.717) is 11.8 Å². The van der Waals surface area contributed by atoms with Crippen LogP contribution >= 0.6 is 11.6 Å². The highest BCUT2D eigenvalue weighted by Gasteiger charge is 2.18. The van der Waals surface area contributed by atoms with Crippen molar-refractivity contribution >= 4 is 17.4 Å². The Morgan fingerprint density at radius 1 is 1.44 bits per heavy atom. The lowest BCUT2D eigenvalue weighted by Crippen LogP contribution is -2.29. The number of hydrogen-bond donors (Lipinski definition) is 0. The first kappa shape index (κ1) is 13.4. The number of aryl methyl sites for hydroxylation is 2. The molecule has 0 N–H and O–H groups in total. The number of halogens is 1. The van der Waals surface area contributed by atoms with Gasteiger partial charge in [0.05, 0.1) is 11.6 Å². The van der Waals surface area contributed by atoms with Gasteiger partial charge in [0, 0.05) is 25.7 Å². The van der Waals surface area contributed by atoms with Gasteiger partial charge in [-0.15, -0.1) is 11.6 Å². The number of nitrogens with zero attached hydrogens (tertiary/aromatic N) is 3. The number of anilines is 1. The second-order valence-corrected chi connectivity index (χ2v) is 4.84. The molecule has 3 nitrogen and oxygen atoms in total. The summed E-state index contributed by atoms with van der Waals surface area (Å²) in [5, 5.41) is 4.45. The number of hydrogen-bond acceptors (Lipinski definition) is 2. The van der Waals surface area contributed by atoms with Gasteiger partial charge in [-0.25, -0.2) is 0 Å². The summed E-state index contributed by atoms with van der Waals surface area (Å²) in [4.78, 5) is 2.35. The van der Waals surface area contributed by atoms with Crippen molar-refractivity contribution in [2.45, 2.75) is 33.6 Å². The van der Waals surface area contributed by atoms with Crippen LogP contribution in [0.3, 0.4) is 0 Å². The van der Waals surface area contributed by atoms with Crippen LogP contribution in [0.2, 0.25) is 0 Å². The standard InChI is InChI=1S/C12H22ClN3/c1-6-16(8-9(2)3)12-11(7-13)10(4)14-15(12)5/h9H,6-8H2,1-5H3. The smallest absolute Gasteiger partial charge is 0.131 e. The molecule has 1 heterocycles. The lowest BCUT2D eigenvalue weighted by atomic mass is 10.2. The summed E-state index contributed by atoms with van der Waals surface area (Å²) < 4.78 is 1.94. The van der Waals surface area contributed by atoms with Crippen LogP contribution in [0.25, 0.3) is 0 Å². The minimum Gasteiger partial charge on any atom is -0.357 e. The van der Waals surface area contributed by atoms with E-state index in [4.69, 9.17) is 11.6 Å². The van der Waals surface area contributed by atoms with Gasteiger partial charge in [0.2, 0.25) is 0 Å². The predicted molar refractivity (Wildman–Crippen MR) is 70.2 cm³/mol. The van der Waals surface area contributed by atoms with E-state index in [9.17, 15) is 0 Å². The van der Waals surface area contributed by atoms with Crippen molar-refractivity contribution in [1.82, 2.24) is 9.78 Å². The van der Waals surface area contributed by atoms with Crippen molar-refractivity contribution in [2.24, 2.45) is 13.0 Å². The third-order valence-electron chi connectivity index (χ3n) is 2.71. The molecule has 0 saturated heterocycles. The van der Waals surface area contributed by atoms with Gasteiger partial charge in [0.25, 0.3) is 0 Å². The second-order valence-electron chi connectivity index (χ2n) is 4.58. The first-order valence-electron chi connectivity index (χ1n) is 5.84. The van der Waals surface area contributed by atoms with Gasteiger partial charge >= 0.3 is 0 Å². The van der Waals surface area contributed by atoms with Crippen LogP contribution in [0.5, 0.6) is 0 Å². The number of alkyl halides is 1. The fourth-order valence-electron chi connectivity index (χ4n) is 2.05. The Kier molecular flexibility index (Phi) is 4.66. The lowest BCUT2D eigenvalue weighted by Gasteiger charge is -2.26. The maximum absolute atomic E-state index is 6.01. The summed E-state index contributed by atoms with van der Waals surface area (Å²) in [6.07, 6.45) is 0. The van der Waals surface area contributed by atoms with Crippen LogP contribution in [0, 0.1) is 12.8 Å². The Labute approximate surface area is 103 Å². The highest BCUT2D eigenvalue weighted by molar-refractivity contribution is 6.17. The molecule has 0 aliphatic rings. The molecular weight excluding hydrogens is 222 g/mol. The van der Waals surface area contributed by atoms with Gasteiger partial charge < -0.3 is 4.90 Å². The van der Waals surface area contributed by atoms with Crippen LogP contribution in [0.4, 0.5) is 5.82 Å². The molecule has 0 atom stereocenters. The lowest BCUT2D eigenvalue weighted by molar-refractivity contribution is 0.598. The third-order valence-corrected chi connectivity index (χ3v) is 2.98. The molecule has 1 aromatic rings. The fraction of sp³-hybridized carbons (Fsp3) is 0.750. The summed E-state index contributed by atoms with van der Waals surface area (Å²) in [5.41, 5.74) is 2.20. The zero-order valence-corrected chi connectivity index (χ0v) is 11.7. The minimum absolute atomic E-state index is 0.531. The van der Waals surface area contributed by atoms with E-state index in [0.717, 1.165) is 24.3 Å². The van der Waals surface area contributed by atoms with E-state index < -0.39 is 0 Å². The van der Waals surface area contributed by atoms with E-state index in [-0.39, 0.29) is 0 Å². The first-order chi connectivity index (χ1) is 7.51. The summed E-state index contributed by atoms with van der Waals surface area (Å²) in [6, 6.07) is 0. The van der Waals surface area contributed by atoms with Crippen LogP contribution in [-0.4, -0.2) is 22.9 Å². The average molecular weight is 244 g/mol. The van der Waals surface area contributed by atoms with E-state index >= 15 is 0 Å². The molecule has 0 aliphatic carbocycles. The first-order valence-corrected chi connectivity index (χ1v) is 6.38. The van der Waals surface area contributed by atoms with Crippen molar-refractivity contribution in [1.29, 1.82) is 0 Å². The molecule has 1 rings (SSSR count). The topological polar surface area (TPSA) is 21.1 Å². The molecule has 92 valence electrons. The summed E-state index contributed by atoms with van der Waals surface area (Å²) in [5.74, 6) is 2.34. The minimum atomic E-state index is 0.531. The van der Waals surface area contributed by atoms with Crippen molar-refractivity contribution < 1.29 is 0 Å². The summed E-state index contributed by atoms with van der Waals surface area (Å²) >= 11 is 6.01. The number of rotatable bonds is 5. The molecule has 0 bridgehead atoms. The zero-order valence-electron chi connectivity index (χ0n) is 10.9. The molecule has 4 heteroatoms. The van der Waals surface area contributed by atoms with Crippen LogP contribution < -0.4 is 4.90 Å². The normalized spacial score (nSPS) is 11.2. The van der Waals surface area contributed by atoms with Crippen LogP contribution in [0.15, 0.2) is 0 Å². The van der Waals surface area contributed by atoms with Gasteiger partial charge in [0.1, 0.15) is 5.82 Å². The molecule has 16 heavy (non-hydrogen) atoms. The Morgan fingerprint density at radius 3 is 2.50 bits per heavy atom. The quantitative estimate of drug-likeness (QED) is 0.742. The molecule has 0 amide bonds. The fourth-order valence-corrected chi connectivity index (χ4v) is 2.36. The molecule has 0 aliphatic heterocycles. The van der Waals surface area contributed by atoms with E-state index in [1.54, 1.807) is 0 Å². The molecule has 1 aromatic heterocycles. The van der Waals surface area contributed by atoms with E-state index in [2.05, 4.69) is 30.8 Å². The Hall–Kier alpha value is -0.700. The third kappa shape index (κ3) is 2.70. The molecule has 0 unspecified atom stereocenters. The van der Waals surface area contributed by atoms with Crippen molar-refractivity contribution in [3.05, 3.63) is 11.3 Å². The van der Waals surface area contributed by atoms with Gasteiger partial charge in [-0.3, -0.25) is 4.68 Å². The van der Waals surface area contributed by atoms with Crippen LogP contribution in [0.1, 0.15) is 32.0 Å². The molecule has 0 fully saturated rings. The van der Waals surface area contributed by atoms with Gasteiger partial charge in [-0.1, -0.05) is 13.8 Å². The molecule has 0 radical (unpaired) electrons. The molecular formula is C12H22ClN3. The average Bonchev–Trinajstić information content (AvgIpc) is 2.49. The largest absolute Gasteiger partial charge is 0.357 e. The highest BCUT2D eigenvalue weighted by atomic mass is 35.5.